The highest BCUT2D eigenvalue weighted by Crippen LogP contribution is 2.38. The van der Waals surface area contributed by atoms with E-state index in [-0.39, 0.29) is 19.1 Å². The third-order valence-corrected chi connectivity index (χ3v) is 16.4. The summed E-state index contributed by atoms with van der Waals surface area (Å²) in [6.07, 6.45) is 88.0. The van der Waals surface area contributed by atoms with Crippen LogP contribution in [0.1, 0.15) is 316 Å². The summed E-state index contributed by atoms with van der Waals surface area (Å²) >= 11 is 0. The molecule has 0 aromatic heterocycles. The molecule has 0 heterocycles. The Balaban J connectivity index is 4.10. The molecule has 0 saturated carbocycles. The number of nitrogens with one attached hydrogen (secondary N) is 1. The van der Waals surface area contributed by atoms with Crippen LogP contribution in [0.4, 0.5) is 0 Å². The number of amides is 1. The summed E-state index contributed by atoms with van der Waals surface area (Å²) in [5, 5.41) is 14.1. The molecule has 0 aliphatic rings. The molecule has 0 fully saturated rings. The van der Waals surface area contributed by atoms with Crippen molar-refractivity contribution in [2.24, 2.45) is 0 Å². The zero-order valence-electron chi connectivity index (χ0n) is 54.0. The quantitative estimate of drug-likeness (QED) is 0.0272. The summed E-state index contributed by atoms with van der Waals surface area (Å²) < 4.78 is 23.5. The molecule has 0 aromatic rings. The number of phosphoric ester groups is 1. The number of hydrogen-bond acceptors (Lipinski definition) is 6. The van der Waals surface area contributed by atoms with Gasteiger partial charge in [-0.05, 0) is 70.6 Å². The van der Waals surface area contributed by atoms with Crippen LogP contribution in [0.5, 0.6) is 0 Å². The Bertz CT molecular complexity index is 1600. The van der Waals surface area contributed by atoms with Crippen molar-refractivity contribution >= 4 is 13.7 Å². The fourth-order valence-electron chi connectivity index (χ4n) is 10.1. The van der Waals surface area contributed by atoms with Gasteiger partial charge in [0.25, 0.3) is 7.82 Å². The van der Waals surface area contributed by atoms with E-state index in [4.69, 9.17) is 9.05 Å². The molecule has 2 N–H and O–H groups in total. The SMILES string of the molecule is CC/C=C\C/C=C\C/C=C\C/C=C\C/C=C\C/C=C\C/C=C\CCCCCCCC(=O)NC(COP(=O)([O-])OCC[N+](C)(C)C)C(O)CCCCCCCCCCCCCCCCCCCCCCCCCCCCCCCCCC. The van der Waals surface area contributed by atoms with E-state index >= 15 is 0 Å². The molecule has 0 bridgehead atoms. The van der Waals surface area contributed by atoms with Crippen LogP contribution in [0.2, 0.25) is 0 Å². The number of likely N-dealkylation sites (N-methyl/N-ethyl adjacent to an activating group) is 1. The van der Waals surface area contributed by atoms with E-state index in [2.05, 4.69) is 104 Å². The maximum atomic E-state index is 13.0. The lowest BCUT2D eigenvalue weighted by Crippen LogP contribution is -2.46. The summed E-state index contributed by atoms with van der Waals surface area (Å²) in [6.45, 7) is 4.62. The summed E-state index contributed by atoms with van der Waals surface area (Å²) in [4.78, 5) is 25.6. The highest BCUT2D eigenvalue weighted by molar-refractivity contribution is 7.45. The van der Waals surface area contributed by atoms with Gasteiger partial charge in [-0.3, -0.25) is 9.36 Å². The molecule has 0 aliphatic heterocycles. The minimum Gasteiger partial charge on any atom is -0.756 e. The van der Waals surface area contributed by atoms with Gasteiger partial charge in [0.2, 0.25) is 5.91 Å². The maximum absolute atomic E-state index is 13.0. The lowest BCUT2D eigenvalue weighted by molar-refractivity contribution is -0.870. The molecule has 0 aliphatic carbocycles. The van der Waals surface area contributed by atoms with Gasteiger partial charge in [0.1, 0.15) is 13.2 Å². The highest BCUT2D eigenvalue weighted by Gasteiger charge is 2.24. The van der Waals surface area contributed by atoms with Gasteiger partial charge >= 0.3 is 0 Å². The van der Waals surface area contributed by atoms with Crippen LogP contribution in [0, 0.1) is 0 Å². The molecule has 81 heavy (non-hydrogen) atoms. The lowest BCUT2D eigenvalue weighted by Gasteiger charge is -2.30. The van der Waals surface area contributed by atoms with Crippen molar-refractivity contribution in [1.82, 2.24) is 5.32 Å². The fraction of sp³-hybridized carbons (Fsp3) is 0.792. The third kappa shape index (κ3) is 65.1. The van der Waals surface area contributed by atoms with Crippen molar-refractivity contribution in [2.45, 2.75) is 328 Å². The first-order valence-corrected chi connectivity index (χ1v) is 35.9. The van der Waals surface area contributed by atoms with Crippen molar-refractivity contribution in [2.75, 3.05) is 40.9 Å². The number of allylic oxidation sites excluding steroid dienone is 14. The summed E-state index contributed by atoms with van der Waals surface area (Å²) in [6, 6.07) is -0.820. The highest BCUT2D eigenvalue weighted by atomic mass is 31.2. The monoisotopic (exact) mass is 1150 g/mol. The Morgan fingerprint density at radius 1 is 0.444 bits per heavy atom. The predicted octanol–water partition coefficient (Wildman–Crippen LogP) is 21.3. The molecule has 3 unspecified atom stereocenters. The van der Waals surface area contributed by atoms with Gasteiger partial charge in [0, 0.05) is 6.42 Å². The van der Waals surface area contributed by atoms with E-state index in [0.29, 0.717) is 23.9 Å². The second-order valence-electron chi connectivity index (χ2n) is 24.5. The molecule has 0 saturated heterocycles. The van der Waals surface area contributed by atoms with E-state index in [1.54, 1.807) is 0 Å². The molecular formula is C72H133N2O6P. The molecule has 1 amide bonds. The van der Waals surface area contributed by atoms with Gasteiger partial charge in [0.05, 0.1) is 39.9 Å². The molecule has 3 atom stereocenters. The minimum absolute atomic E-state index is 0.00414. The number of carbonyl (C=O) groups is 1. The number of aliphatic hydroxyl groups is 1. The number of unbranched alkanes of at least 4 members (excludes halogenated alkanes) is 36. The molecule has 8 nitrogen and oxygen atoms in total. The average molecular weight is 1150 g/mol. The number of carbonyl (C=O) groups excluding carboxylic acids is 1. The predicted molar refractivity (Wildman–Crippen MR) is 353 cm³/mol. The Kier molecular flexibility index (Phi) is 60.4. The molecule has 0 rings (SSSR count). The van der Waals surface area contributed by atoms with Crippen molar-refractivity contribution in [3.63, 3.8) is 0 Å². The van der Waals surface area contributed by atoms with E-state index in [0.717, 1.165) is 103 Å². The maximum Gasteiger partial charge on any atom is 0.268 e. The molecule has 0 spiro atoms. The zero-order valence-corrected chi connectivity index (χ0v) is 54.9. The van der Waals surface area contributed by atoms with Crippen molar-refractivity contribution in [1.29, 1.82) is 0 Å². The van der Waals surface area contributed by atoms with E-state index in [1.807, 2.05) is 21.1 Å². The van der Waals surface area contributed by atoms with Gasteiger partial charge < -0.3 is 28.8 Å². The Hall–Kier alpha value is -2.32. The normalized spacial score (nSPS) is 14.2. The third-order valence-electron chi connectivity index (χ3n) is 15.4. The van der Waals surface area contributed by atoms with Crippen LogP contribution in [0.15, 0.2) is 85.1 Å². The summed E-state index contributed by atoms with van der Waals surface area (Å²) in [7, 11) is 1.29. The molecule has 0 aromatic carbocycles. The van der Waals surface area contributed by atoms with Gasteiger partial charge in [-0.15, -0.1) is 0 Å². The van der Waals surface area contributed by atoms with Crippen molar-refractivity contribution in [3.8, 4) is 0 Å². The topological polar surface area (TPSA) is 108 Å². The van der Waals surface area contributed by atoms with Crippen LogP contribution >= 0.6 is 7.82 Å². The molecule has 9 heteroatoms. The fourth-order valence-corrected chi connectivity index (χ4v) is 10.8. The van der Waals surface area contributed by atoms with Crippen molar-refractivity contribution < 1.29 is 32.9 Å². The Morgan fingerprint density at radius 2 is 0.753 bits per heavy atom. The van der Waals surface area contributed by atoms with Gasteiger partial charge in [-0.1, -0.05) is 324 Å². The number of aliphatic hydroxyl groups excluding tert-OH is 1. The van der Waals surface area contributed by atoms with Crippen LogP contribution in [-0.2, 0) is 18.4 Å². The van der Waals surface area contributed by atoms with Crippen LogP contribution in [0.25, 0.3) is 0 Å². The van der Waals surface area contributed by atoms with Gasteiger partial charge in [-0.25, -0.2) is 0 Å². The largest absolute Gasteiger partial charge is 0.756 e. The van der Waals surface area contributed by atoms with Crippen LogP contribution in [0.3, 0.4) is 0 Å². The van der Waals surface area contributed by atoms with Gasteiger partial charge in [-0.2, -0.15) is 0 Å². The number of rotatable bonds is 63. The summed E-state index contributed by atoms with van der Waals surface area (Å²) in [5.74, 6) is -0.183. The van der Waals surface area contributed by atoms with Gasteiger partial charge in [0.15, 0.2) is 0 Å². The summed E-state index contributed by atoms with van der Waals surface area (Å²) in [5.41, 5.74) is 0. The lowest BCUT2D eigenvalue weighted by atomic mass is 10.0. The number of hydrogen-bond donors (Lipinski definition) is 2. The first-order chi connectivity index (χ1) is 39.5. The standard InChI is InChI=1S/C72H133N2O6P/c1-6-8-10-12-14-16-18-20-22-24-26-28-30-32-34-35-36-37-38-40-41-43-45-47-49-51-53-55-57-59-61-63-65-71(75)70(69-80-81(77,78)79-68-67-74(3,4)5)73-72(76)66-64-62-60-58-56-54-52-50-48-46-44-42-39-33-31-29-27-25-23-21-19-17-15-13-11-9-7-2/h9,11,15,17,21,23,27,29,33,39,44,46,50,52,70-71,75H,6-8,10,12-14,16,18-20,22,24-26,28,30-32,34-38,40-43,45,47-49,51,53-69H2,1-5H3,(H-,73,76,77,78)/b11-9-,17-15-,23-21-,29-27-,39-33-,46-44-,52-50-. The van der Waals surface area contributed by atoms with E-state index in [9.17, 15) is 19.4 Å². The number of quaternary nitrogens is 1. The first-order valence-electron chi connectivity index (χ1n) is 34.4. The van der Waals surface area contributed by atoms with Crippen molar-refractivity contribution in [3.05, 3.63) is 85.1 Å². The first kappa shape index (κ1) is 78.7. The van der Waals surface area contributed by atoms with Crippen LogP contribution < -0.4 is 10.2 Å². The second kappa shape index (κ2) is 62.2. The smallest absolute Gasteiger partial charge is 0.268 e. The molecule has 472 valence electrons. The minimum atomic E-state index is -4.59. The van der Waals surface area contributed by atoms with E-state index in [1.165, 1.54) is 186 Å². The number of nitrogens with zero attached hydrogens (tertiary/aromatic N) is 1. The Morgan fingerprint density at radius 3 is 1.10 bits per heavy atom. The van der Waals surface area contributed by atoms with E-state index < -0.39 is 20.0 Å². The van der Waals surface area contributed by atoms with Crippen LogP contribution in [-0.4, -0.2) is 68.5 Å². The zero-order chi connectivity index (χ0) is 59.1. The molecular weight excluding hydrogens is 1020 g/mol. The second-order valence-corrected chi connectivity index (χ2v) is 25.9. The molecule has 0 radical (unpaired) electrons. The average Bonchev–Trinajstić information content (AvgIpc) is 3.43. The Labute approximate surface area is 503 Å². The number of phosphoric acid groups is 1.